The number of guanidine groups is 1. The van der Waals surface area contributed by atoms with Crippen LogP contribution in [0.2, 0.25) is 0 Å². The lowest BCUT2D eigenvalue weighted by Gasteiger charge is -2.12. The second-order valence-corrected chi connectivity index (χ2v) is 5.04. The van der Waals surface area contributed by atoms with Crippen molar-refractivity contribution in [1.82, 2.24) is 10.6 Å². The molecule has 1 aromatic rings. The minimum absolute atomic E-state index is 0. The Hall–Kier alpha value is -1.38. The first-order valence-electron chi connectivity index (χ1n) is 7.47. The molecule has 0 atom stereocenters. The number of carbonyl (C=O) groups is 1. The number of ether oxygens (including phenoxy) is 1. The Morgan fingerprint density at radius 2 is 2.09 bits per heavy atom. The summed E-state index contributed by atoms with van der Waals surface area (Å²) in [5.74, 6) is 0.0645. The zero-order chi connectivity index (χ0) is 16.4. The van der Waals surface area contributed by atoms with E-state index >= 15 is 0 Å². The molecule has 0 aliphatic rings. The van der Waals surface area contributed by atoms with Gasteiger partial charge in [-0.3, -0.25) is 4.79 Å². The highest BCUT2D eigenvalue weighted by molar-refractivity contribution is 14.0. The smallest absolute Gasteiger partial charge is 0.307 e. The molecule has 1 aromatic carbocycles. The van der Waals surface area contributed by atoms with E-state index < -0.39 is 0 Å². The van der Waals surface area contributed by atoms with Gasteiger partial charge in [-0.15, -0.1) is 24.0 Å². The van der Waals surface area contributed by atoms with Crippen LogP contribution in [0, 0.1) is 5.82 Å². The van der Waals surface area contributed by atoms with E-state index in [9.17, 15) is 9.18 Å². The Morgan fingerprint density at radius 3 is 2.70 bits per heavy atom. The van der Waals surface area contributed by atoms with Crippen molar-refractivity contribution in [2.45, 2.75) is 39.8 Å². The molecule has 0 unspecified atom stereocenters. The molecule has 0 saturated heterocycles. The van der Waals surface area contributed by atoms with Gasteiger partial charge < -0.3 is 15.4 Å². The molecule has 0 saturated carbocycles. The summed E-state index contributed by atoms with van der Waals surface area (Å²) in [4.78, 5) is 15.8. The third-order valence-electron chi connectivity index (χ3n) is 2.64. The average Bonchev–Trinajstić information content (AvgIpc) is 2.44. The normalized spacial score (nSPS) is 10.9. The van der Waals surface area contributed by atoms with Crippen molar-refractivity contribution in [1.29, 1.82) is 0 Å². The molecule has 0 aliphatic carbocycles. The minimum Gasteiger partial charge on any atom is -0.463 e. The number of hydrogen-bond donors (Lipinski definition) is 2. The quantitative estimate of drug-likeness (QED) is 0.298. The van der Waals surface area contributed by atoms with Crippen LogP contribution in [0.1, 0.15) is 32.8 Å². The third-order valence-corrected chi connectivity index (χ3v) is 2.64. The molecule has 0 aromatic heterocycles. The molecule has 5 nitrogen and oxygen atoms in total. The number of nitrogens with zero attached hydrogens (tertiary/aromatic N) is 1. The van der Waals surface area contributed by atoms with E-state index in [0.717, 1.165) is 5.56 Å². The molecule has 0 spiro atoms. The fourth-order valence-corrected chi connectivity index (χ4v) is 1.75. The number of halogens is 2. The van der Waals surface area contributed by atoms with Gasteiger partial charge in [-0.1, -0.05) is 12.1 Å². The van der Waals surface area contributed by atoms with Gasteiger partial charge in [-0.05, 0) is 38.5 Å². The number of benzene rings is 1. The molecule has 7 heteroatoms. The van der Waals surface area contributed by atoms with Crippen molar-refractivity contribution in [3.05, 3.63) is 35.6 Å². The molecule has 130 valence electrons. The summed E-state index contributed by atoms with van der Waals surface area (Å²) in [7, 11) is 0. The van der Waals surface area contributed by atoms with E-state index in [-0.39, 0.29) is 48.3 Å². The highest BCUT2D eigenvalue weighted by Crippen LogP contribution is 2.04. The first-order valence-corrected chi connectivity index (χ1v) is 7.47. The molecule has 0 amide bonds. The Morgan fingerprint density at radius 1 is 1.35 bits per heavy atom. The van der Waals surface area contributed by atoms with Gasteiger partial charge in [-0.2, -0.15) is 0 Å². The fraction of sp³-hybridized carbons (Fsp3) is 0.500. The van der Waals surface area contributed by atoms with Gasteiger partial charge in [0.05, 0.1) is 19.1 Å². The van der Waals surface area contributed by atoms with E-state index in [1.54, 1.807) is 6.07 Å². The summed E-state index contributed by atoms with van der Waals surface area (Å²) >= 11 is 0. The van der Waals surface area contributed by atoms with E-state index in [2.05, 4.69) is 15.6 Å². The van der Waals surface area contributed by atoms with Crippen molar-refractivity contribution in [3.63, 3.8) is 0 Å². The maximum atomic E-state index is 13.1. The summed E-state index contributed by atoms with van der Waals surface area (Å²) in [6.45, 7) is 7.08. The van der Waals surface area contributed by atoms with Crippen molar-refractivity contribution >= 4 is 35.9 Å². The molecule has 23 heavy (non-hydrogen) atoms. The molecule has 0 bridgehead atoms. The number of nitrogens with one attached hydrogen (secondary N) is 2. The highest BCUT2D eigenvalue weighted by Gasteiger charge is 2.05. The Bertz CT molecular complexity index is 510. The van der Waals surface area contributed by atoms with Crippen LogP contribution in [-0.2, 0) is 16.1 Å². The van der Waals surface area contributed by atoms with Crippen LogP contribution in [0.25, 0.3) is 0 Å². The lowest BCUT2D eigenvalue weighted by molar-refractivity contribution is -0.147. The number of aliphatic imine (C=N–C) groups is 1. The summed E-state index contributed by atoms with van der Waals surface area (Å²) < 4.78 is 18.2. The summed E-state index contributed by atoms with van der Waals surface area (Å²) in [5.41, 5.74) is 0.788. The van der Waals surface area contributed by atoms with Crippen LogP contribution in [0.3, 0.4) is 0 Å². The van der Waals surface area contributed by atoms with Gasteiger partial charge in [0.25, 0.3) is 0 Å². The van der Waals surface area contributed by atoms with Gasteiger partial charge in [0.1, 0.15) is 5.82 Å². The van der Waals surface area contributed by atoms with Crippen LogP contribution in [0.5, 0.6) is 0 Å². The largest absolute Gasteiger partial charge is 0.463 e. The number of esters is 1. The van der Waals surface area contributed by atoms with Gasteiger partial charge in [-0.25, -0.2) is 9.38 Å². The molecule has 0 heterocycles. The van der Waals surface area contributed by atoms with Gasteiger partial charge in [0, 0.05) is 13.1 Å². The summed E-state index contributed by atoms with van der Waals surface area (Å²) in [5, 5.41) is 6.13. The third kappa shape index (κ3) is 10.1. The maximum Gasteiger partial charge on any atom is 0.307 e. The van der Waals surface area contributed by atoms with Crippen LogP contribution < -0.4 is 10.6 Å². The first-order chi connectivity index (χ1) is 10.5. The van der Waals surface area contributed by atoms with Gasteiger partial charge >= 0.3 is 5.97 Å². The SMILES string of the molecule is CCNC(=NCc1cccc(F)c1)NCCC(=O)OC(C)C.I. The zero-order valence-corrected chi connectivity index (χ0v) is 16.1. The lowest BCUT2D eigenvalue weighted by Crippen LogP contribution is -2.38. The van der Waals surface area contributed by atoms with Crippen LogP contribution >= 0.6 is 24.0 Å². The molecule has 0 fully saturated rings. The average molecular weight is 437 g/mol. The molecule has 2 N–H and O–H groups in total. The molecular weight excluding hydrogens is 412 g/mol. The van der Waals surface area contributed by atoms with E-state index in [1.165, 1.54) is 12.1 Å². The summed E-state index contributed by atoms with van der Waals surface area (Å²) in [6, 6.07) is 6.32. The standard InChI is InChI=1S/C16H24FN3O2.HI/c1-4-18-16(19-9-8-15(21)22-12(2)3)20-11-13-6-5-7-14(17)10-13;/h5-7,10,12H,4,8-9,11H2,1-3H3,(H2,18,19,20);1H. The molecule has 0 aliphatic heterocycles. The Balaban J connectivity index is 0.00000484. The topological polar surface area (TPSA) is 62.7 Å². The van der Waals surface area contributed by atoms with Gasteiger partial charge in [0.2, 0.25) is 0 Å². The van der Waals surface area contributed by atoms with Crippen molar-refractivity contribution < 1.29 is 13.9 Å². The van der Waals surface area contributed by atoms with E-state index in [0.29, 0.717) is 25.6 Å². The Kier molecular flexibility index (Phi) is 11.4. The predicted molar refractivity (Wildman–Crippen MR) is 100 cm³/mol. The van der Waals surface area contributed by atoms with Crippen molar-refractivity contribution in [2.24, 2.45) is 4.99 Å². The minimum atomic E-state index is -0.276. The molecule has 1 rings (SSSR count). The number of carbonyl (C=O) groups excluding carboxylic acids is 1. The second kappa shape index (κ2) is 12.1. The lowest BCUT2D eigenvalue weighted by atomic mass is 10.2. The number of rotatable bonds is 7. The molecule has 0 radical (unpaired) electrons. The van der Waals surface area contributed by atoms with E-state index in [4.69, 9.17) is 4.74 Å². The van der Waals surface area contributed by atoms with Crippen LogP contribution in [0.15, 0.2) is 29.3 Å². The highest BCUT2D eigenvalue weighted by atomic mass is 127. The van der Waals surface area contributed by atoms with Crippen molar-refractivity contribution in [3.8, 4) is 0 Å². The second-order valence-electron chi connectivity index (χ2n) is 5.04. The summed E-state index contributed by atoms with van der Waals surface area (Å²) in [6.07, 6.45) is 0.158. The molecular formula is C16H25FIN3O2. The fourth-order valence-electron chi connectivity index (χ4n) is 1.75. The Labute approximate surface area is 154 Å². The number of hydrogen-bond acceptors (Lipinski definition) is 3. The monoisotopic (exact) mass is 437 g/mol. The predicted octanol–water partition coefficient (Wildman–Crippen LogP) is 2.84. The zero-order valence-electron chi connectivity index (χ0n) is 13.8. The van der Waals surface area contributed by atoms with Crippen LogP contribution in [-0.4, -0.2) is 31.1 Å². The van der Waals surface area contributed by atoms with Crippen molar-refractivity contribution in [2.75, 3.05) is 13.1 Å². The first kappa shape index (κ1) is 21.6. The maximum absolute atomic E-state index is 13.1. The van der Waals surface area contributed by atoms with E-state index in [1.807, 2.05) is 26.8 Å². The van der Waals surface area contributed by atoms with Crippen LogP contribution in [0.4, 0.5) is 4.39 Å². The van der Waals surface area contributed by atoms with Gasteiger partial charge in [0.15, 0.2) is 5.96 Å².